The van der Waals surface area contributed by atoms with Crippen LogP contribution in [-0.2, 0) is 13.1 Å². The van der Waals surface area contributed by atoms with E-state index < -0.39 is 0 Å². The zero-order chi connectivity index (χ0) is 13.1. The van der Waals surface area contributed by atoms with Crippen LogP contribution in [0.4, 0.5) is 0 Å². The Bertz CT molecular complexity index is 671. The number of H-pyrrole nitrogens is 1. The van der Waals surface area contributed by atoms with Crippen LogP contribution in [0.5, 0.6) is 0 Å². The SMILES string of the molecule is Cc1nc2ccc(CNCc3ccccc3)cc2[nH]1. The van der Waals surface area contributed by atoms with Gasteiger partial charge in [-0.2, -0.15) is 0 Å². The van der Waals surface area contributed by atoms with E-state index in [1.165, 1.54) is 11.1 Å². The molecule has 2 aromatic carbocycles. The molecule has 0 atom stereocenters. The summed E-state index contributed by atoms with van der Waals surface area (Å²) in [6, 6.07) is 16.8. The molecule has 0 aliphatic rings. The third-order valence-electron chi connectivity index (χ3n) is 3.17. The molecule has 3 nitrogen and oxygen atoms in total. The quantitative estimate of drug-likeness (QED) is 0.747. The second-order valence-corrected chi connectivity index (χ2v) is 4.76. The van der Waals surface area contributed by atoms with E-state index in [2.05, 4.69) is 57.7 Å². The van der Waals surface area contributed by atoms with Crippen LogP contribution in [0.3, 0.4) is 0 Å². The molecule has 3 heteroatoms. The summed E-state index contributed by atoms with van der Waals surface area (Å²) in [7, 11) is 0. The maximum Gasteiger partial charge on any atom is 0.104 e. The van der Waals surface area contributed by atoms with Gasteiger partial charge in [-0.25, -0.2) is 4.98 Å². The highest BCUT2D eigenvalue weighted by Gasteiger charge is 2.00. The fourth-order valence-corrected chi connectivity index (χ4v) is 2.24. The van der Waals surface area contributed by atoms with Crippen LogP contribution in [0.25, 0.3) is 11.0 Å². The molecule has 19 heavy (non-hydrogen) atoms. The number of benzene rings is 2. The molecule has 0 fully saturated rings. The van der Waals surface area contributed by atoms with Gasteiger partial charge in [0.15, 0.2) is 0 Å². The van der Waals surface area contributed by atoms with E-state index in [0.29, 0.717) is 0 Å². The van der Waals surface area contributed by atoms with Crippen molar-refractivity contribution in [2.75, 3.05) is 0 Å². The predicted octanol–water partition coefficient (Wildman–Crippen LogP) is 3.16. The number of fused-ring (bicyclic) bond motifs is 1. The highest BCUT2D eigenvalue weighted by atomic mass is 14.9. The summed E-state index contributed by atoms with van der Waals surface area (Å²) >= 11 is 0. The first kappa shape index (κ1) is 11.9. The number of hydrogen-bond acceptors (Lipinski definition) is 2. The molecule has 1 aromatic heterocycles. The van der Waals surface area contributed by atoms with E-state index in [1.54, 1.807) is 0 Å². The second-order valence-electron chi connectivity index (χ2n) is 4.76. The van der Waals surface area contributed by atoms with Gasteiger partial charge in [-0.05, 0) is 30.2 Å². The van der Waals surface area contributed by atoms with E-state index in [-0.39, 0.29) is 0 Å². The molecule has 0 saturated heterocycles. The number of aromatic nitrogens is 2. The Morgan fingerprint density at radius 2 is 1.79 bits per heavy atom. The minimum absolute atomic E-state index is 0.864. The van der Waals surface area contributed by atoms with Crippen molar-refractivity contribution in [1.29, 1.82) is 0 Å². The molecule has 0 saturated carbocycles. The monoisotopic (exact) mass is 251 g/mol. The molecule has 1 heterocycles. The Morgan fingerprint density at radius 3 is 2.63 bits per heavy atom. The summed E-state index contributed by atoms with van der Waals surface area (Å²) in [5.74, 6) is 0.962. The number of nitrogens with zero attached hydrogens (tertiary/aromatic N) is 1. The molecule has 0 aliphatic heterocycles. The Balaban J connectivity index is 1.65. The van der Waals surface area contributed by atoms with Crippen molar-refractivity contribution >= 4 is 11.0 Å². The summed E-state index contributed by atoms with van der Waals surface area (Å²) < 4.78 is 0. The van der Waals surface area contributed by atoms with Gasteiger partial charge < -0.3 is 10.3 Å². The van der Waals surface area contributed by atoms with Gasteiger partial charge in [0.2, 0.25) is 0 Å². The van der Waals surface area contributed by atoms with Crippen LogP contribution in [-0.4, -0.2) is 9.97 Å². The van der Waals surface area contributed by atoms with Crippen molar-refractivity contribution in [3.8, 4) is 0 Å². The standard InChI is InChI=1S/C16H17N3/c1-12-18-15-8-7-14(9-16(15)19-12)11-17-10-13-5-3-2-4-6-13/h2-9,17H,10-11H2,1H3,(H,18,19). The van der Waals surface area contributed by atoms with Crippen LogP contribution >= 0.6 is 0 Å². The topological polar surface area (TPSA) is 40.7 Å². The third kappa shape index (κ3) is 2.83. The zero-order valence-corrected chi connectivity index (χ0v) is 11.0. The molecule has 0 spiro atoms. The van der Waals surface area contributed by atoms with Crippen molar-refractivity contribution in [3.63, 3.8) is 0 Å². The summed E-state index contributed by atoms with van der Waals surface area (Å²) in [6.45, 7) is 3.73. The molecule has 96 valence electrons. The fraction of sp³-hybridized carbons (Fsp3) is 0.188. The fourth-order valence-electron chi connectivity index (χ4n) is 2.24. The summed E-state index contributed by atoms with van der Waals surface area (Å²) in [5.41, 5.74) is 4.72. The van der Waals surface area contributed by atoms with Crippen LogP contribution in [0.15, 0.2) is 48.5 Å². The molecule has 0 bridgehead atoms. The number of aromatic amines is 1. The number of nitrogens with one attached hydrogen (secondary N) is 2. The van der Waals surface area contributed by atoms with Gasteiger partial charge in [0.1, 0.15) is 5.82 Å². The van der Waals surface area contributed by atoms with E-state index in [0.717, 1.165) is 29.9 Å². The predicted molar refractivity (Wildman–Crippen MR) is 77.8 cm³/mol. The van der Waals surface area contributed by atoms with Gasteiger partial charge in [-0.3, -0.25) is 0 Å². The van der Waals surface area contributed by atoms with E-state index >= 15 is 0 Å². The maximum atomic E-state index is 4.41. The van der Waals surface area contributed by atoms with E-state index in [9.17, 15) is 0 Å². The average Bonchev–Trinajstić information content (AvgIpc) is 2.79. The van der Waals surface area contributed by atoms with Crippen molar-refractivity contribution in [2.24, 2.45) is 0 Å². The Hall–Kier alpha value is -2.13. The van der Waals surface area contributed by atoms with E-state index in [4.69, 9.17) is 0 Å². The number of imidazole rings is 1. The van der Waals surface area contributed by atoms with Gasteiger partial charge in [-0.15, -0.1) is 0 Å². The van der Waals surface area contributed by atoms with Crippen molar-refractivity contribution < 1.29 is 0 Å². The highest BCUT2D eigenvalue weighted by Crippen LogP contribution is 2.13. The first-order chi connectivity index (χ1) is 9.31. The number of aryl methyl sites for hydroxylation is 1. The molecule has 0 amide bonds. The minimum Gasteiger partial charge on any atom is -0.342 e. The molecule has 3 aromatic rings. The lowest BCUT2D eigenvalue weighted by molar-refractivity contribution is 0.694. The van der Waals surface area contributed by atoms with Crippen LogP contribution in [0.1, 0.15) is 17.0 Å². The Labute approximate surface area is 112 Å². The van der Waals surface area contributed by atoms with Crippen molar-refractivity contribution in [3.05, 3.63) is 65.5 Å². The molecule has 0 radical (unpaired) electrons. The number of hydrogen-bond donors (Lipinski definition) is 2. The molecule has 0 unspecified atom stereocenters. The summed E-state index contributed by atoms with van der Waals surface area (Å²) in [6.07, 6.45) is 0. The first-order valence-corrected chi connectivity index (χ1v) is 6.51. The Kier molecular flexibility index (Phi) is 3.29. The Morgan fingerprint density at radius 1 is 1.00 bits per heavy atom. The normalized spacial score (nSPS) is 11.0. The van der Waals surface area contributed by atoms with Crippen molar-refractivity contribution in [1.82, 2.24) is 15.3 Å². The van der Waals surface area contributed by atoms with Gasteiger partial charge in [0.05, 0.1) is 11.0 Å². The minimum atomic E-state index is 0.864. The lowest BCUT2D eigenvalue weighted by Crippen LogP contribution is -2.12. The summed E-state index contributed by atoms with van der Waals surface area (Å²) in [5, 5.41) is 3.46. The smallest absolute Gasteiger partial charge is 0.104 e. The first-order valence-electron chi connectivity index (χ1n) is 6.51. The average molecular weight is 251 g/mol. The van der Waals surface area contributed by atoms with Crippen LogP contribution in [0, 0.1) is 6.92 Å². The second kappa shape index (κ2) is 5.24. The third-order valence-corrected chi connectivity index (χ3v) is 3.17. The largest absolute Gasteiger partial charge is 0.342 e. The van der Waals surface area contributed by atoms with Gasteiger partial charge in [0.25, 0.3) is 0 Å². The highest BCUT2D eigenvalue weighted by molar-refractivity contribution is 5.75. The molecule has 0 aliphatic carbocycles. The zero-order valence-electron chi connectivity index (χ0n) is 11.0. The molecule has 2 N–H and O–H groups in total. The van der Waals surface area contributed by atoms with Crippen molar-refractivity contribution in [2.45, 2.75) is 20.0 Å². The van der Waals surface area contributed by atoms with Gasteiger partial charge in [0, 0.05) is 13.1 Å². The lowest BCUT2D eigenvalue weighted by Gasteiger charge is -2.05. The van der Waals surface area contributed by atoms with Crippen LogP contribution < -0.4 is 5.32 Å². The molecule has 3 rings (SSSR count). The lowest BCUT2D eigenvalue weighted by atomic mass is 10.2. The van der Waals surface area contributed by atoms with Gasteiger partial charge >= 0.3 is 0 Å². The number of rotatable bonds is 4. The molecular formula is C16H17N3. The van der Waals surface area contributed by atoms with E-state index in [1.807, 2.05) is 13.0 Å². The maximum absolute atomic E-state index is 4.41. The summed E-state index contributed by atoms with van der Waals surface area (Å²) in [4.78, 5) is 7.67. The van der Waals surface area contributed by atoms with Gasteiger partial charge in [-0.1, -0.05) is 36.4 Å². The molecular weight excluding hydrogens is 234 g/mol. The van der Waals surface area contributed by atoms with Crippen LogP contribution in [0.2, 0.25) is 0 Å².